The summed E-state index contributed by atoms with van der Waals surface area (Å²) < 4.78 is 56.1. The van der Waals surface area contributed by atoms with Crippen molar-refractivity contribution < 1.29 is 87.7 Å². The Balaban J connectivity index is 0.000000321. The molecule has 4 aromatic carbocycles. The zero-order valence-electron chi connectivity index (χ0n) is 51.9. The second-order valence-electron chi connectivity index (χ2n) is 24.3. The predicted molar refractivity (Wildman–Crippen MR) is 337 cm³/mol. The van der Waals surface area contributed by atoms with Crippen LogP contribution in [0.2, 0.25) is 0 Å². The predicted octanol–water partition coefficient (Wildman–Crippen LogP) is 3.55. The molecule has 2 aliphatic rings. The number of carbonyl (C=O) groups is 2. The number of aliphatic hydroxyl groups excluding tert-OH is 12. The Kier molecular flexibility index (Phi) is 26.9. The number of benzene rings is 4. The van der Waals surface area contributed by atoms with E-state index in [0.29, 0.717) is 47.9 Å². The number of fused-ring (bicyclic) bond motifs is 2. The zero-order valence-corrected chi connectivity index (χ0v) is 53.5. The van der Waals surface area contributed by atoms with Gasteiger partial charge < -0.3 is 81.7 Å². The molecule has 0 aliphatic carbocycles. The van der Waals surface area contributed by atoms with Gasteiger partial charge in [0.25, 0.3) is 11.8 Å². The number of carbonyl (C=O) groups excluding carboxylic acids is 2. The van der Waals surface area contributed by atoms with Crippen LogP contribution in [0.3, 0.4) is 0 Å². The van der Waals surface area contributed by atoms with Gasteiger partial charge in [-0.3, -0.25) is 9.59 Å². The van der Waals surface area contributed by atoms with E-state index in [2.05, 4.69) is 10.6 Å². The Morgan fingerprint density at radius 1 is 0.500 bits per heavy atom. The fourth-order valence-electron chi connectivity index (χ4n) is 12.2. The number of rotatable bonds is 28. The summed E-state index contributed by atoms with van der Waals surface area (Å²) in [5.41, 5.74) is 2.10. The van der Waals surface area contributed by atoms with Crippen LogP contribution in [0.25, 0.3) is 0 Å². The van der Waals surface area contributed by atoms with Gasteiger partial charge in [0.2, 0.25) is 0 Å². The molecule has 14 N–H and O–H groups in total. The summed E-state index contributed by atoms with van der Waals surface area (Å²) in [5.74, 6) is -4.06. The van der Waals surface area contributed by atoms with Crippen LogP contribution >= 0.6 is 0 Å². The Hall–Kier alpha value is -5.16. The maximum atomic E-state index is 14.0. The summed E-state index contributed by atoms with van der Waals surface area (Å²) in [6.07, 6.45) is -9.65. The highest BCUT2D eigenvalue weighted by atomic mass is 32.2. The van der Waals surface area contributed by atoms with Crippen molar-refractivity contribution in [2.75, 3.05) is 73.3 Å². The molecule has 24 heteroatoms. The van der Waals surface area contributed by atoms with Crippen LogP contribution in [0.1, 0.15) is 139 Å². The van der Waals surface area contributed by atoms with Gasteiger partial charge in [0.15, 0.2) is 31.9 Å². The highest BCUT2D eigenvalue weighted by Gasteiger charge is 2.51. The van der Waals surface area contributed by atoms with Crippen molar-refractivity contribution >= 4 is 54.2 Å². The first-order valence-corrected chi connectivity index (χ1v) is 33.7. The molecule has 0 unspecified atom stereocenters. The fourth-order valence-corrected chi connectivity index (χ4v) is 16.6. The van der Waals surface area contributed by atoms with Crippen LogP contribution in [0.5, 0.6) is 0 Å². The van der Waals surface area contributed by atoms with Crippen LogP contribution in [-0.2, 0) is 29.3 Å². The average Bonchev–Trinajstić information content (AvgIpc) is 2.43. The van der Waals surface area contributed by atoms with Gasteiger partial charge in [0.05, 0.1) is 46.7 Å². The number of hydrogen-bond acceptors (Lipinski definition) is 20. The number of amides is 2. The summed E-state index contributed by atoms with van der Waals surface area (Å²) in [5, 5.41) is 128. The minimum absolute atomic E-state index is 0.159. The van der Waals surface area contributed by atoms with Crippen LogP contribution in [0, 0.1) is 10.8 Å². The lowest BCUT2D eigenvalue weighted by molar-refractivity contribution is -0.144. The summed E-state index contributed by atoms with van der Waals surface area (Å²) in [6.45, 7) is 6.35. The van der Waals surface area contributed by atoms with Gasteiger partial charge in [-0.05, 0) is 109 Å². The van der Waals surface area contributed by atoms with E-state index in [9.17, 15) is 77.5 Å². The van der Waals surface area contributed by atoms with E-state index >= 15 is 0 Å². The van der Waals surface area contributed by atoms with Gasteiger partial charge in [-0.2, -0.15) is 0 Å². The van der Waals surface area contributed by atoms with Crippen LogP contribution in [-0.4, -0.2) is 204 Å². The zero-order chi connectivity index (χ0) is 65.6. The Labute approximate surface area is 518 Å². The van der Waals surface area contributed by atoms with Gasteiger partial charge >= 0.3 is 0 Å². The maximum absolute atomic E-state index is 14.0. The molecule has 2 aliphatic heterocycles. The summed E-state index contributed by atoms with van der Waals surface area (Å²) in [6, 6.07) is 23.3. The maximum Gasteiger partial charge on any atom is 0.256 e. The summed E-state index contributed by atoms with van der Waals surface area (Å²) >= 11 is 0. The number of hydrogen-bond donors (Lipinski definition) is 14. The molecule has 0 spiro atoms. The van der Waals surface area contributed by atoms with Crippen molar-refractivity contribution in [3.8, 4) is 0 Å². The van der Waals surface area contributed by atoms with Gasteiger partial charge in [-0.25, -0.2) is 16.8 Å². The van der Waals surface area contributed by atoms with Gasteiger partial charge in [0, 0.05) is 73.6 Å². The summed E-state index contributed by atoms with van der Waals surface area (Å²) in [4.78, 5) is 29.6. The number of nitrogens with one attached hydrogen (secondary N) is 2. The van der Waals surface area contributed by atoms with Gasteiger partial charge in [0.1, 0.15) is 36.6 Å². The highest BCUT2D eigenvalue weighted by molar-refractivity contribution is 7.91. The normalized spacial score (nSPS) is 21.8. The number of sulfone groups is 2. The molecule has 0 aromatic heterocycles. The second kappa shape index (κ2) is 32.2. The number of nitrogens with zero attached hydrogens (tertiary/aromatic N) is 2. The molecule has 0 fully saturated rings. The first kappa shape index (κ1) is 73.6. The minimum Gasteiger partial charge on any atom is -0.394 e. The lowest BCUT2D eigenvalue weighted by Crippen LogP contribution is -2.50. The number of anilines is 4. The topological polar surface area (TPSA) is 376 Å². The van der Waals surface area contributed by atoms with E-state index in [1.54, 1.807) is 72.8 Å². The van der Waals surface area contributed by atoms with Gasteiger partial charge in [-0.1, -0.05) is 103 Å². The molecule has 6 rings (SSSR count). The van der Waals surface area contributed by atoms with Crippen LogP contribution in [0.4, 0.5) is 22.7 Å². The molecule has 88 heavy (non-hydrogen) atoms. The lowest BCUT2D eigenvalue weighted by Gasteiger charge is -2.40. The Morgan fingerprint density at radius 2 is 0.818 bits per heavy atom. The van der Waals surface area contributed by atoms with Crippen molar-refractivity contribution in [1.82, 2.24) is 0 Å². The third-order valence-corrected chi connectivity index (χ3v) is 21.4. The van der Waals surface area contributed by atoms with E-state index < -0.39 is 128 Å². The molecule has 2 amide bonds. The molecule has 0 saturated heterocycles. The molecule has 0 bridgehead atoms. The van der Waals surface area contributed by atoms with E-state index in [4.69, 9.17) is 10.2 Å². The molecular weight excluding hydrogens is 1180 g/mol. The second-order valence-corrected chi connectivity index (χ2v) is 28.2. The van der Waals surface area contributed by atoms with Gasteiger partial charge in [-0.15, -0.1) is 0 Å². The Morgan fingerprint density at radius 3 is 1.10 bits per heavy atom. The average molecular weight is 1270 g/mol. The molecule has 22 nitrogen and oxygen atoms in total. The van der Waals surface area contributed by atoms with E-state index in [1.807, 2.05) is 65.7 Å². The number of aliphatic hydroxyl groups is 12. The van der Waals surface area contributed by atoms with E-state index in [-0.39, 0.29) is 32.7 Å². The highest BCUT2D eigenvalue weighted by Crippen LogP contribution is 2.52. The monoisotopic (exact) mass is 1270 g/mol. The van der Waals surface area contributed by atoms with Crippen molar-refractivity contribution in [2.24, 2.45) is 10.8 Å². The molecule has 12 atom stereocenters. The van der Waals surface area contributed by atoms with E-state index in [1.165, 1.54) is 12.1 Å². The quantitative estimate of drug-likeness (QED) is 0.0387. The molecule has 2 heterocycles. The first-order chi connectivity index (χ1) is 41.4. The SMILES string of the molecule is CCCCC1(CCCC)CS(=O)(=O)c2ccc(N(C)C)cc2[C@@H](c2cccc(NC(=O)[C@H](O)[C@@H](O)[C@H](O)[C@H](O)CO)c2)[C@H]1O.CCCCC1(CCCC)CS(=O)(=O)c2ccc(N(C)C)cc2[C@H](c2cccc(NC(=O)[C@H](O)[C@@H](O)[C@H](O)[C@H](O)CO)c2)[C@@H]1O. The molecular formula is C64H96N4O18S2. The minimum atomic E-state index is -3.80. The molecule has 0 radical (unpaired) electrons. The molecule has 492 valence electrons. The Bertz CT molecular complexity index is 2930. The number of unbranched alkanes of at least 4 members (excludes halogenated alkanes) is 4. The smallest absolute Gasteiger partial charge is 0.256 e. The largest absolute Gasteiger partial charge is 0.394 e. The van der Waals surface area contributed by atoms with Crippen molar-refractivity contribution in [3.63, 3.8) is 0 Å². The van der Waals surface area contributed by atoms with Crippen molar-refractivity contribution in [1.29, 1.82) is 0 Å². The third-order valence-electron chi connectivity index (χ3n) is 17.4. The summed E-state index contributed by atoms with van der Waals surface area (Å²) in [7, 11) is -0.224. The van der Waals surface area contributed by atoms with Crippen molar-refractivity contribution in [3.05, 3.63) is 107 Å². The van der Waals surface area contributed by atoms with Crippen LogP contribution in [0.15, 0.2) is 94.7 Å². The first-order valence-electron chi connectivity index (χ1n) is 30.4. The molecule has 0 saturated carbocycles. The lowest BCUT2D eigenvalue weighted by atomic mass is 9.68. The van der Waals surface area contributed by atoms with E-state index in [0.717, 1.165) is 62.7 Å². The van der Waals surface area contributed by atoms with Crippen molar-refractivity contribution in [2.45, 2.75) is 187 Å². The molecule has 4 aromatic rings. The third kappa shape index (κ3) is 17.2. The van der Waals surface area contributed by atoms with Crippen LogP contribution < -0.4 is 20.4 Å². The fraction of sp³-hybridized carbons (Fsp3) is 0.594. The standard InChI is InChI=1S/2C32H48N2O9S/c2*1-5-7-14-32(15-8-6-2)19-44(42,43)25-13-12-22(34(3)4)17-23(25)26(30(32)40)20-10-9-11-21(16-20)33-31(41)29(39)28(38)27(37)24(36)18-35/h2*9-13,16-17,24,26-30,35-40H,5-8,14-15,18-19H2,1-4H3,(H,33,41)/t24-,26+,27-,28+,29-,30+;24-,26-,27-,28+,29-,30-/m11/s1.